The van der Waals surface area contributed by atoms with Gasteiger partial charge in [-0.1, -0.05) is 11.6 Å². The maximum absolute atomic E-state index is 13.5. The van der Waals surface area contributed by atoms with Crippen molar-refractivity contribution in [3.63, 3.8) is 0 Å². The Morgan fingerprint density at radius 3 is 2.30 bits per heavy atom. The van der Waals surface area contributed by atoms with Gasteiger partial charge in [0.05, 0.1) is 11.6 Å². The van der Waals surface area contributed by atoms with Crippen molar-refractivity contribution in [2.45, 2.75) is 0 Å². The van der Waals surface area contributed by atoms with Gasteiger partial charge in [-0.3, -0.25) is 0 Å². The maximum Gasteiger partial charge on any atom is 0.253 e. The summed E-state index contributed by atoms with van der Waals surface area (Å²) in [6, 6.07) is 4.10. The number of nitrogens with one attached hydrogen (secondary N) is 1. The lowest BCUT2D eigenvalue weighted by molar-refractivity contribution is 0.146. The highest BCUT2D eigenvalue weighted by molar-refractivity contribution is 6.32. The Kier molecular flexibility index (Phi) is 5.62. The molecule has 0 aliphatic heterocycles. The van der Waals surface area contributed by atoms with E-state index in [4.69, 9.17) is 21.1 Å². The number of nitrogens with zero attached hydrogens (tertiary/aromatic N) is 1. The highest BCUT2D eigenvalue weighted by Crippen LogP contribution is 2.31. The molecule has 124 valence electrons. The van der Waals surface area contributed by atoms with Crippen molar-refractivity contribution in [2.75, 3.05) is 25.6 Å². The highest BCUT2D eigenvalue weighted by atomic mass is 35.5. The smallest absolute Gasteiger partial charge is 0.253 e. The third-order valence-corrected chi connectivity index (χ3v) is 3.04. The summed E-state index contributed by atoms with van der Waals surface area (Å²) in [4.78, 5) is 2.47. The van der Waals surface area contributed by atoms with Gasteiger partial charge in [-0.2, -0.15) is 22.5 Å². The zero-order chi connectivity index (χ0) is 17.0. The van der Waals surface area contributed by atoms with Crippen LogP contribution in [0.2, 0.25) is 5.02 Å². The molecule has 9 heteroatoms. The monoisotopic (exact) mass is 350 g/mol. The number of ether oxygens (including phenoxy) is 2. The number of methoxy groups -OCH3 is 1. The predicted molar refractivity (Wildman–Crippen MR) is 76.2 cm³/mol. The van der Waals surface area contributed by atoms with Crippen LogP contribution < -0.4 is 10.1 Å². The molecule has 1 heterocycles. The van der Waals surface area contributed by atoms with E-state index in [-0.39, 0.29) is 17.3 Å². The van der Waals surface area contributed by atoms with Crippen molar-refractivity contribution < 1.29 is 27.0 Å². The summed E-state index contributed by atoms with van der Waals surface area (Å²) in [6.45, 7) is 0.606. The standard InChI is InChI=1S/C14H11ClF4N2O2/c1-22-4-5-23-9-3-2-7(6-8(9)15)20-12-10(16)13(18)21-14(19)11(12)17/h2-3,6H,4-5H2,1H3,(H,20,21). The first-order valence-electron chi connectivity index (χ1n) is 6.32. The topological polar surface area (TPSA) is 43.4 Å². The second kappa shape index (κ2) is 7.47. The molecule has 0 bridgehead atoms. The van der Waals surface area contributed by atoms with Crippen molar-refractivity contribution in [1.82, 2.24) is 4.98 Å². The molecule has 0 unspecified atom stereocenters. The second-order valence-electron chi connectivity index (χ2n) is 4.31. The van der Waals surface area contributed by atoms with Crippen LogP contribution in [-0.4, -0.2) is 25.3 Å². The summed E-state index contributed by atoms with van der Waals surface area (Å²) in [5.41, 5.74) is -0.893. The van der Waals surface area contributed by atoms with E-state index in [9.17, 15) is 17.6 Å². The third kappa shape index (κ3) is 4.02. The van der Waals surface area contributed by atoms with Crippen LogP contribution in [0.4, 0.5) is 28.9 Å². The van der Waals surface area contributed by atoms with E-state index in [1.54, 1.807) is 0 Å². The first-order valence-corrected chi connectivity index (χ1v) is 6.70. The molecule has 0 saturated heterocycles. The van der Waals surface area contributed by atoms with Crippen LogP contribution in [0.25, 0.3) is 0 Å². The Hall–Kier alpha value is -2.06. The number of benzene rings is 1. The van der Waals surface area contributed by atoms with Gasteiger partial charge in [0, 0.05) is 12.8 Å². The molecule has 0 atom stereocenters. The molecule has 2 aromatic rings. The number of hydrogen-bond acceptors (Lipinski definition) is 4. The van der Waals surface area contributed by atoms with E-state index in [0.717, 1.165) is 0 Å². The number of anilines is 2. The fourth-order valence-corrected chi connectivity index (χ4v) is 1.91. The Labute approximate surface area is 134 Å². The number of aromatic nitrogens is 1. The second-order valence-corrected chi connectivity index (χ2v) is 4.72. The maximum atomic E-state index is 13.5. The minimum Gasteiger partial charge on any atom is -0.490 e. The van der Waals surface area contributed by atoms with Crippen LogP contribution in [0, 0.1) is 23.5 Å². The van der Waals surface area contributed by atoms with E-state index in [2.05, 4.69) is 10.3 Å². The van der Waals surface area contributed by atoms with Gasteiger partial charge in [0.2, 0.25) is 11.6 Å². The van der Waals surface area contributed by atoms with Gasteiger partial charge < -0.3 is 14.8 Å². The van der Waals surface area contributed by atoms with Gasteiger partial charge in [-0.25, -0.2) is 0 Å². The largest absolute Gasteiger partial charge is 0.490 e. The summed E-state index contributed by atoms with van der Waals surface area (Å²) < 4.78 is 63.3. The number of rotatable bonds is 6. The van der Waals surface area contributed by atoms with Gasteiger partial charge in [0.1, 0.15) is 18.0 Å². The van der Waals surface area contributed by atoms with E-state index in [1.807, 2.05) is 0 Å². The Bertz CT molecular complexity index is 689. The lowest BCUT2D eigenvalue weighted by Crippen LogP contribution is -2.06. The zero-order valence-electron chi connectivity index (χ0n) is 11.8. The van der Waals surface area contributed by atoms with Crippen LogP contribution in [0.1, 0.15) is 0 Å². The van der Waals surface area contributed by atoms with Crippen LogP contribution in [0.3, 0.4) is 0 Å². The quantitative estimate of drug-likeness (QED) is 0.485. The molecule has 1 aromatic carbocycles. The van der Waals surface area contributed by atoms with Gasteiger partial charge in [0.15, 0.2) is 0 Å². The molecule has 23 heavy (non-hydrogen) atoms. The van der Waals surface area contributed by atoms with Crippen LogP contribution in [-0.2, 0) is 4.74 Å². The normalized spacial score (nSPS) is 10.7. The third-order valence-electron chi connectivity index (χ3n) is 2.74. The molecule has 2 rings (SSSR count). The van der Waals surface area contributed by atoms with Crippen molar-refractivity contribution in [2.24, 2.45) is 0 Å². The van der Waals surface area contributed by atoms with Gasteiger partial charge in [0.25, 0.3) is 11.9 Å². The molecular weight excluding hydrogens is 340 g/mol. The van der Waals surface area contributed by atoms with Crippen molar-refractivity contribution >= 4 is 23.0 Å². The lowest BCUT2D eigenvalue weighted by atomic mass is 10.2. The molecule has 0 aliphatic rings. The van der Waals surface area contributed by atoms with Crippen LogP contribution in [0.5, 0.6) is 5.75 Å². The van der Waals surface area contributed by atoms with Crippen LogP contribution >= 0.6 is 11.6 Å². The van der Waals surface area contributed by atoms with E-state index in [0.29, 0.717) is 12.4 Å². The van der Waals surface area contributed by atoms with E-state index < -0.39 is 29.2 Å². The highest BCUT2D eigenvalue weighted by Gasteiger charge is 2.21. The van der Waals surface area contributed by atoms with E-state index >= 15 is 0 Å². The number of pyridine rings is 1. The molecule has 0 aliphatic carbocycles. The summed E-state index contributed by atoms with van der Waals surface area (Å²) in [5.74, 6) is -6.46. The number of halogens is 5. The zero-order valence-corrected chi connectivity index (χ0v) is 12.6. The summed E-state index contributed by atoms with van der Waals surface area (Å²) >= 11 is 5.96. The molecule has 1 aromatic heterocycles. The molecular formula is C14H11ClF4N2O2. The SMILES string of the molecule is COCCOc1ccc(Nc2c(F)c(F)nc(F)c2F)cc1Cl. The molecule has 0 amide bonds. The summed E-state index contributed by atoms with van der Waals surface area (Å²) in [5, 5.41) is 2.36. The molecule has 0 radical (unpaired) electrons. The number of hydrogen-bond donors (Lipinski definition) is 1. The van der Waals surface area contributed by atoms with Crippen LogP contribution in [0.15, 0.2) is 18.2 Å². The fourth-order valence-electron chi connectivity index (χ4n) is 1.67. The average molecular weight is 351 g/mol. The summed E-state index contributed by atoms with van der Waals surface area (Å²) in [6.07, 6.45) is 0. The first-order chi connectivity index (χ1) is 10.9. The Balaban J connectivity index is 2.23. The lowest BCUT2D eigenvalue weighted by Gasteiger charge is -2.12. The van der Waals surface area contributed by atoms with Gasteiger partial charge in [-0.15, -0.1) is 0 Å². The predicted octanol–water partition coefficient (Wildman–Crippen LogP) is 4.06. The molecule has 4 nitrogen and oxygen atoms in total. The Morgan fingerprint density at radius 1 is 1.09 bits per heavy atom. The van der Waals surface area contributed by atoms with Crippen molar-refractivity contribution in [3.8, 4) is 5.75 Å². The van der Waals surface area contributed by atoms with Crippen molar-refractivity contribution in [1.29, 1.82) is 0 Å². The minimum atomic E-state index is -1.75. The fraction of sp³-hybridized carbons (Fsp3) is 0.214. The molecule has 0 fully saturated rings. The Morgan fingerprint density at radius 2 is 1.74 bits per heavy atom. The summed E-state index contributed by atoms with van der Waals surface area (Å²) in [7, 11) is 1.51. The first kappa shape index (κ1) is 17.3. The van der Waals surface area contributed by atoms with Crippen molar-refractivity contribution in [3.05, 3.63) is 46.8 Å². The molecule has 1 N–H and O–H groups in total. The van der Waals surface area contributed by atoms with Gasteiger partial charge in [-0.05, 0) is 18.2 Å². The average Bonchev–Trinajstić information content (AvgIpc) is 2.52. The van der Waals surface area contributed by atoms with Gasteiger partial charge >= 0.3 is 0 Å². The van der Waals surface area contributed by atoms with E-state index in [1.165, 1.54) is 25.3 Å². The minimum absolute atomic E-state index is 0.108. The molecule has 0 saturated carbocycles. The molecule has 0 spiro atoms.